The minimum absolute atomic E-state index is 0.329. The number of esters is 1. The largest absolute Gasteiger partial charge is 0.462 e. The fourth-order valence-electron chi connectivity index (χ4n) is 2.37. The Morgan fingerprint density at radius 3 is 2.62 bits per heavy atom. The average Bonchev–Trinajstić information content (AvgIpc) is 2.48. The van der Waals surface area contributed by atoms with E-state index in [1.165, 1.54) is 0 Å². The molecule has 2 rings (SSSR count). The molecule has 0 fully saturated rings. The summed E-state index contributed by atoms with van der Waals surface area (Å²) in [4.78, 5) is 24.3. The maximum atomic E-state index is 12.5. The molecule has 0 saturated heterocycles. The first kappa shape index (κ1) is 18.6. The number of allylic oxidation sites excluding steroid dienone is 1. The number of urea groups is 1. The molecule has 0 radical (unpaired) electrons. The molecule has 2 N–H and O–H groups in total. The third kappa shape index (κ3) is 4.42. The van der Waals surface area contributed by atoms with E-state index in [0.717, 1.165) is 6.42 Å². The van der Waals surface area contributed by atoms with Gasteiger partial charge < -0.3 is 15.4 Å². The summed E-state index contributed by atoms with van der Waals surface area (Å²) < 4.78 is 5.36. The van der Waals surface area contributed by atoms with E-state index in [2.05, 4.69) is 24.5 Å². The van der Waals surface area contributed by atoms with Crippen LogP contribution in [-0.4, -0.2) is 18.6 Å². The van der Waals surface area contributed by atoms with Crippen LogP contribution in [0.4, 0.5) is 4.79 Å². The number of rotatable bonds is 5. The summed E-state index contributed by atoms with van der Waals surface area (Å²) in [5, 5.41) is 6.09. The fourth-order valence-corrected chi connectivity index (χ4v) is 2.68. The maximum absolute atomic E-state index is 12.5. The highest BCUT2D eigenvalue weighted by molar-refractivity contribution is 6.42. The first-order chi connectivity index (χ1) is 11.3. The van der Waals surface area contributed by atoms with E-state index < -0.39 is 12.0 Å². The number of hydrogen-bond donors (Lipinski definition) is 2. The van der Waals surface area contributed by atoms with Gasteiger partial charge in [0.25, 0.3) is 0 Å². The van der Waals surface area contributed by atoms with Gasteiger partial charge in [-0.2, -0.15) is 0 Å². The molecule has 24 heavy (non-hydrogen) atoms. The van der Waals surface area contributed by atoms with Crippen LogP contribution >= 0.6 is 23.2 Å². The van der Waals surface area contributed by atoms with Crippen LogP contribution in [0.3, 0.4) is 0 Å². The second-order valence-electron chi connectivity index (χ2n) is 6.06. The average molecular weight is 371 g/mol. The summed E-state index contributed by atoms with van der Waals surface area (Å²) in [7, 11) is 0. The zero-order valence-electron chi connectivity index (χ0n) is 13.8. The Morgan fingerprint density at radius 1 is 1.29 bits per heavy atom. The molecule has 0 unspecified atom stereocenters. The molecule has 7 heteroatoms. The van der Waals surface area contributed by atoms with Crippen molar-refractivity contribution in [3.8, 4) is 0 Å². The number of nitrogens with one attached hydrogen (secondary N) is 2. The van der Waals surface area contributed by atoms with Crippen molar-refractivity contribution in [2.24, 2.45) is 5.92 Å². The highest BCUT2D eigenvalue weighted by atomic mass is 35.5. The van der Waals surface area contributed by atoms with Gasteiger partial charge in [0.1, 0.15) is 0 Å². The van der Waals surface area contributed by atoms with Crippen molar-refractivity contribution in [3.05, 3.63) is 45.1 Å². The molecule has 0 bridgehead atoms. The van der Waals surface area contributed by atoms with Crippen LogP contribution in [0, 0.1) is 5.92 Å². The molecule has 1 aromatic carbocycles. The summed E-state index contributed by atoms with van der Waals surface area (Å²) >= 11 is 12.0. The molecule has 1 heterocycles. The summed E-state index contributed by atoms with van der Waals surface area (Å²) in [6.07, 6.45) is 0.773. The zero-order chi connectivity index (χ0) is 17.9. The molecule has 130 valence electrons. The van der Waals surface area contributed by atoms with Crippen LogP contribution < -0.4 is 10.6 Å². The molecular weight excluding hydrogens is 351 g/mol. The van der Waals surface area contributed by atoms with E-state index in [-0.39, 0.29) is 6.03 Å². The zero-order valence-corrected chi connectivity index (χ0v) is 15.3. The second kappa shape index (κ2) is 7.90. The standard InChI is InChI=1S/C17H20Cl2N2O3/c1-9(2)6-7-24-16(22)14-10(3)20-17(23)21-15(14)11-4-5-12(18)13(19)8-11/h4-5,8-9,15H,6-7H2,1-3H3,(H2,20,21,23)/t15-/m1/s1. The SMILES string of the molecule is CC1=C(C(=O)OCCC(C)C)[C@@H](c2ccc(Cl)c(Cl)c2)NC(=O)N1. The Bertz CT molecular complexity index is 686. The van der Waals surface area contributed by atoms with Crippen LogP contribution in [0.2, 0.25) is 10.0 Å². The molecule has 5 nitrogen and oxygen atoms in total. The van der Waals surface area contributed by atoms with Crippen molar-refractivity contribution in [1.82, 2.24) is 10.6 Å². The van der Waals surface area contributed by atoms with E-state index in [1.54, 1.807) is 25.1 Å². The number of hydrogen-bond acceptors (Lipinski definition) is 3. The molecule has 0 aliphatic carbocycles. The molecule has 0 saturated carbocycles. The Balaban J connectivity index is 2.29. The second-order valence-corrected chi connectivity index (χ2v) is 6.88. The summed E-state index contributed by atoms with van der Waals surface area (Å²) in [6, 6.07) is 3.96. The number of ether oxygens (including phenoxy) is 1. The van der Waals surface area contributed by atoms with Gasteiger partial charge in [0, 0.05) is 5.70 Å². The van der Waals surface area contributed by atoms with Gasteiger partial charge in [-0.3, -0.25) is 0 Å². The van der Waals surface area contributed by atoms with Gasteiger partial charge in [0.2, 0.25) is 0 Å². The van der Waals surface area contributed by atoms with Crippen molar-refractivity contribution in [1.29, 1.82) is 0 Å². The number of amides is 2. The smallest absolute Gasteiger partial charge is 0.338 e. The predicted octanol–water partition coefficient (Wildman–Crippen LogP) is 4.21. The quantitative estimate of drug-likeness (QED) is 0.762. The molecule has 1 aliphatic rings. The molecule has 1 atom stereocenters. The number of carbonyl (C=O) groups is 2. The van der Waals surface area contributed by atoms with Crippen LogP contribution in [0.25, 0.3) is 0 Å². The Hall–Kier alpha value is -1.72. The van der Waals surface area contributed by atoms with Gasteiger partial charge in [-0.1, -0.05) is 43.1 Å². The Kier molecular flexibility index (Phi) is 6.13. The van der Waals surface area contributed by atoms with Gasteiger partial charge in [0.15, 0.2) is 0 Å². The van der Waals surface area contributed by atoms with Crippen LogP contribution in [0.1, 0.15) is 38.8 Å². The molecule has 1 aliphatic heterocycles. The highest BCUT2D eigenvalue weighted by Crippen LogP contribution is 2.31. The third-order valence-electron chi connectivity index (χ3n) is 3.69. The van der Waals surface area contributed by atoms with Crippen molar-refractivity contribution in [3.63, 3.8) is 0 Å². The topological polar surface area (TPSA) is 67.4 Å². The Labute approximate surface area is 151 Å². The van der Waals surface area contributed by atoms with E-state index in [1.807, 2.05) is 0 Å². The van der Waals surface area contributed by atoms with Crippen molar-refractivity contribution in [2.45, 2.75) is 33.2 Å². The molecule has 0 spiro atoms. The molecular formula is C17H20Cl2N2O3. The van der Waals surface area contributed by atoms with Crippen molar-refractivity contribution < 1.29 is 14.3 Å². The minimum Gasteiger partial charge on any atom is -0.462 e. The lowest BCUT2D eigenvalue weighted by Crippen LogP contribution is -2.45. The Morgan fingerprint density at radius 2 is 2.00 bits per heavy atom. The first-order valence-corrected chi connectivity index (χ1v) is 8.45. The van der Waals surface area contributed by atoms with E-state index in [4.69, 9.17) is 27.9 Å². The van der Waals surface area contributed by atoms with Crippen molar-refractivity contribution >= 4 is 35.2 Å². The lowest BCUT2D eigenvalue weighted by molar-refractivity contribution is -0.139. The van der Waals surface area contributed by atoms with Crippen LogP contribution in [-0.2, 0) is 9.53 Å². The minimum atomic E-state index is -0.639. The summed E-state index contributed by atoms with van der Waals surface area (Å²) in [6.45, 7) is 6.11. The van der Waals surface area contributed by atoms with Gasteiger partial charge in [-0.05, 0) is 37.0 Å². The van der Waals surface area contributed by atoms with Crippen molar-refractivity contribution in [2.75, 3.05) is 6.61 Å². The van der Waals surface area contributed by atoms with Gasteiger partial charge in [-0.25, -0.2) is 9.59 Å². The third-order valence-corrected chi connectivity index (χ3v) is 4.43. The summed E-state index contributed by atoms with van der Waals surface area (Å²) in [5.41, 5.74) is 1.48. The highest BCUT2D eigenvalue weighted by Gasteiger charge is 2.32. The molecule has 1 aromatic rings. The molecule has 2 amide bonds. The number of benzene rings is 1. The van der Waals surface area contributed by atoms with Gasteiger partial charge in [-0.15, -0.1) is 0 Å². The number of halogens is 2. The monoisotopic (exact) mass is 370 g/mol. The lowest BCUT2D eigenvalue weighted by Gasteiger charge is -2.28. The first-order valence-electron chi connectivity index (χ1n) is 7.70. The van der Waals surface area contributed by atoms with E-state index in [9.17, 15) is 9.59 Å². The predicted molar refractivity (Wildman–Crippen MR) is 94.0 cm³/mol. The number of carbonyl (C=O) groups excluding carboxylic acids is 2. The lowest BCUT2D eigenvalue weighted by atomic mass is 9.95. The normalized spacial score (nSPS) is 17.6. The van der Waals surface area contributed by atoms with Crippen LogP contribution in [0.5, 0.6) is 0 Å². The maximum Gasteiger partial charge on any atom is 0.338 e. The summed E-state index contributed by atoms with van der Waals surface area (Å²) in [5.74, 6) is -0.0281. The molecule has 0 aromatic heterocycles. The van der Waals surface area contributed by atoms with E-state index in [0.29, 0.717) is 39.4 Å². The van der Waals surface area contributed by atoms with Gasteiger partial charge in [0.05, 0.1) is 28.3 Å². The van der Waals surface area contributed by atoms with E-state index >= 15 is 0 Å². The van der Waals surface area contributed by atoms with Gasteiger partial charge >= 0.3 is 12.0 Å². The fraction of sp³-hybridized carbons (Fsp3) is 0.412. The van der Waals surface area contributed by atoms with Crippen LogP contribution in [0.15, 0.2) is 29.5 Å².